The molecule has 19 heavy (non-hydrogen) atoms. The highest BCUT2D eigenvalue weighted by Crippen LogP contribution is 2.16. The van der Waals surface area contributed by atoms with Gasteiger partial charge in [-0.3, -0.25) is 4.79 Å². The molecule has 1 fully saturated rings. The quantitative estimate of drug-likeness (QED) is 0.690. The van der Waals surface area contributed by atoms with Crippen LogP contribution in [0.1, 0.15) is 19.3 Å². The first-order valence-electron chi connectivity index (χ1n) is 6.23. The summed E-state index contributed by atoms with van der Waals surface area (Å²) in [6.07, 6.45) is 2.78. The third-order valence-corrected chi connectivity index (χ3v) is 4.06. The van der Waals surface area contributed by atoms with Crippen molar-refractivity contribution < 1.29 is 23.1 Å². The predicted molar refractivity (Wildman–Crippen MR) is 69.7 cm³/mol. The molecule has 8 heteroatoms. The number of sulfone groups is 1. The van der Waals surface area contributed by atoms with E-state index in [0.29, 0.717) is 25.8 Å². The Morgan fingerprint density at radius 2 is 2.11 bits per heavy atom. The molecular formula is C11H20N2O5S. The van der Waals surface area contributed by atoms with E-state index in [0.717, 1.165) is 6.26 Å². The number of likely N-dealkylation sites (tertiary alicyclic amines) is 1. The highest BCUT2D eigenvalue weighted by molar-refractivity contribution is 7.90. The van der Waals surface area contributed by atoms with Crippen molar-refractivity contribution in [1.82, 2.24) is 10.2 Å². The molecule has 0 aromatic heterocycles. The first-order chi connectivity index (χ1) is 8.79. The lowest BCUT2D eigenvalue weighted by Crippen LogP contribution is -2.47. The number of aliphatic carboxylic acids is 1. The summed E-state index contributed by atoms with van der Waals surface area (Å²) >= 11 is 0. The molecular weight excluding hydrogens is 272 g/mol. The van der Waals surface area contributed by atoms with Crippen LogP contribution in [0.5, 0.6) is 0 Å². The Kier molecular flexibility index (Phi) is 5.59. The molecule has 0 radical (unpaired) electrons. The SMILES string of the molecule is CS(=O)(=O)CCCNC(=O)N1CCC[C@H](C(=O)O)C1. The van der Waals surface area contributed by atoms with Crippen molar-refractivity contribution in [2.75, 3.05) is 31.6 Å². The van der Waals surface area contributed by atoms with Gasteiger partial charge < -0.3 is 15.3 Å². The molecule has 0 aromatic rings. The fourth-order valence-corrected chi connectivity index (χ4v) is 2.67. The van der Waals surface area contributed by atoms with Crippen molar-refractivity contribution in [2.45, 2.75) is 19.3 Å². The van der Waals surface area contributed by atoms with Gasteiger partial charge in [-0.15, -0.1) is 0 Å². The van der Waals surface area contributed by atoms with E-state index in [2.05, 4.69) is 5.32 Å². The molecule has 2 N–H and O–H groups in total. The van der Waals surface area contributed by atoms with Gasteiger partial charge in [0.1, 0.15) is 9.84 Å². The molecule has 0 aliphatic carbocycles. The van der Waals surface area contributed by atoms with E-state index in [1.165, 1.54) is 4.90 Å². The third kappa shape index (κ3) is 5.91. The fourth-order valence-electron chi connectivity index (χ4n) is 2.00. The van der Waals surface area contributed by atoms with Crippen molar-refractivity contribution in [2.24, 2.45) is 5.92 Å². The number of amides is 2. The Bertz CT molecular complexity index is 434. The normalized spacial score (nSPS) is 20.1. The number of carboxylic acids is 1. The van der Waals surface area contributed by atoms with Crippen LogP contribution in [0, 0.1) is 5.92 Å². The van der Waals surface area contributed by atoms with Crippen molar-refractivity contribution in [3.8, 4) is 0 Å². The smallest absolute Gasteiger partial charge is 0.317 e. The van der Waals surface area contributed by atoms with E-state index < -0.39 is 21.7 Å². The summed E-state index contributed by atoms with van der Waals surface area (Å²) in [6, 6.07) is -0.320. The van der Waals surface area contributed by atoms with Crippen molar-refractivity contribution in [3.05, 3.63) is 0 Å². The number of hydrogen-bond donors (Lipinski definition) is 2. The van der Waals surface area contributed by atoms with Gasteiger partial charge in [0.25, 0.3) is 0 Å². The summed E-state index contributed by atoms with van der Waals surface area (Å²) in [6.45, 7) is 1.04. The van der Waals surface area contributed by atoms with Crippen LogP contribution in [0.3, 0.4) is 0 Å². The topological polar surface area (TPSA) is 104 Å². The van der Waals surface area contributed by atoms with E-state index in [1.54, 1.807) is 0 Å². The second-order valence-corrected chi connectivity index (χ2v) is 7.10. The maximum atomic E-state index is 11.8. The molecule has 7 nitrogen and oxygen atoms in total. The summed E-state index contributed by atoms with van der Waals surface area (Å²) in [5, 5.41) is 11.5. The standard InChI is InChI=1S/C11H20N2O5S/c1-19(17,18)7-3-5-12-11(16)13-6-2-4-9(8-13)10(14)15/h9H,2-8H2,1H3,(H,12,16)(H,14,15)/t9-/m0/s1. The van der Waals surface area contributed by atoms with Gasteiger partial charge >= 0.3 is 12.0 Å². The minimum atomic E-state index is -3.01. The zero-order chi connectivity index (χ0) is 14.5. The van der Waals surface area contributed by atoms with E-state index in [1.807, 2.05) is 0 Å². The number of carboxylic acid groups (broad SMARTS) is 1. The summed E-state index contributed by atoms with van der Waals surface area (Å²) in [5.74, 6) is -1.35. The van der Waals surface area contributed by atoms with Crippen LogP contribution in [0.2, 0.25) is 0 Å². The van der Waals surface area contributed by atoms with Gasteiger partial charge in [0.15, 0.2) is 0 Å². The fraction of sp³-hybridized carbons (Fsp3) is 0.818. The first kappa shape index (κ1) is 15.7. The third-order valence-electron chi connectivity index (χ3n) is 3.03. The maximum absolute atomic E-state index is 11.8. The molecule has 0 spiro atoms. The van der Waals surface area contributed by atoms with Crippen LogP contribution in [0.4, 0.5) is 4.79 Å². The number of piperidine rings is 1. The van der Waals surface area contributed by atoms with E-state index in [-0.39, 0.29) is 24.9 Å². The summed E-state index contributed by atoms with van der Waals surface area (Å²) in [4.78, 5) is 24.1. The Morgan fingerprint density at radius 1 is 1.42 bits per heavy atom. The average molecular weight is 292 g/mol. The highest BCUT2D eigenvalue weighted by atomic mass is 32.2. The number of urea groups is 1. The second-order valence-electron chi connectivity index (χ2n) is 4.84. The summed E-state index contributed by atoms with van der Waals surface area (Å²) in [5.41, 5.74) is 0. The largest absolute Gasteiger partial charge is 0.481 e. The molecule has 1 aliphatic rings. The molecule has 2 amide bonds. The van der Waals surface area contributed by atoms with Crippen LogP contribution in [0.15, 0.2) is 0 Å². The highest BCUT2D eigenvalue weighted by Gasteiger charge is 2.27. The monoisotopic (exact) mass is 292 g/mol. The average Bonchev–Trinajstić information content (AvgIpc) is 2.33. The minimum absolute atomic E-state index is 0.0328. The molecule has 1 atom stereocenters. The zero-order valence-electron chi connectivity index (χ0n) is 11.0. The zero-order valence-corrected chi connectivity index (χ0v) is 11.8. The van der Waals surface area contributed by atoms with E-state index >= 15 is 0 Å². The van der Waals surface area contributed by atoms with Crippen molar-refractivity contribution in [1.29, 1.82) is 0 Å². The van der Waals surface area contributed by atoms with E-state index in [4.69, 9.17) is 5.11 Å². The first-order valence-corrected chi connectivity index (χ1v) is 8.29. The number of carbonyl (C=O) groups excluding carboxylic acids is 1. The number of nitrogens with one attached hydrogen (secondary N) is 1. The second kappa shape index (κ2) is 6.74. The number of nitrogens with zero attached hydrogens (tertiary/aromatic N) is 1. The number of carbonyl (C=O) groups is 2. The lowest BCUT2D eigenvalue weighted by molar-refractivity contribution is -0.143. The van der Waals surface area contributed by atoms with Gasteiger partial charge in [0, 0.05) is 25.9 Å². The summed E-state index contributed by atoms with van der Waals surface area (Å²) < 4.78 is 21.8. The van der Waals surface area contributed by atoms with Gasteiger partial charge in [0.2, 0.25) is 0 Å². The lowest BCUT2D eigenvalue weighted by atomic mass is 9.99. The van der Waals surface area contributed by atoms with Crippen molar-refractivity contribution >= 4 is 21.8 Å². The van der Waals surface area contributed by atoms with Gasteiger partial charge in [0.05, 0.1) is 11.7 Å². The molecule has 0 bridgehead atoms. The predicted octanol–water partition coefficient (Wildman–Crippen LogP) is -0.0727. The van der Waals surface area contributed by atoms with Crippen LogP contribution >= 0.6 is 0 Å². The Morgan fingerprint density at radius 3 is 2.68 bits per heavy atom. The van der Waals surface area contributed by atoms with Gasteiger partial charge in [-0.1, -0.05) is 0 Å². The Hall–Kier alpha value is -1.31. The molecule has 0 unspecified atom stereocenters. The molecule has 110 valence electrons. The van der Waals surface area contributed by atoms with Gasteiger partial charge in [-0.2, -0.15) is 0 Å². The summed E-state index contributed by atoms with van der Waals surface area (Å²) in [7, 11) is -3.01. The molecule has 0 saturated carbocycles. The molecule has 1 heterocycles. The molecule has 1 aliphatic heterocycles. The molecule has 0 aromatic carbocycles. The van der Waals surface area contributed by atoms with E-state index in [9.17, 15) is 18.0 Å². The van der Waals surface area contributed by atoms with Crippen LogP contribution < -0.4 is 5.32 Å². The Balaban J connectivity index is 2.31. The van der Waals surface area contributed by atoms with Crippen LogP contribution in [-0.4, -0.2) is 62.1 Å². The van der Waals surface area contributed by atoms with Crippen molar-refractivity contribution in [3.63, 3.8) is 0 Å². The van der Waals surface area contributed by atoms with Gasteiger partial charge in [-0.05, 0) is 19.3 Å². The number of rotatable bonds is 5. The maximum Gasteiger partial charge on any atom is 0.317 e. The lowest BCUT2D eigenvalue weighted by Gasteiger charge is -2.30. The molecule has 1 saturated heterocycles. The Labute approximate surface area is 112 Å². The van der Waals surface area contributed by atoms with Gasteiger partial charge in [-0.25, -0.2) is 13.2 Å². The van der Waals surface area contributed by atoms with Crippen LogP contribution in [0.25, 0.3) is 0 Å². The van der Waals surface area contributed by atoms with Crippen LogP contribution in [-0.2, 0) is 14.6 Å². The molecule has 1 rings (SSSR count). The minimum Gasteiger partial charge on any atom is -0.481 e. The number of hydrogen-bond acceptors (Lipinski definition) is 4.